The van der Waals surface area contributed by atoms with E-state index in [-0.39, 0.29) is 5.91 Å². The van der Waals surface area contributed by atoms with Crippen LogP contribution >= 0.6 is 11.6 Å². The molecule has 5 nitrogen and oxygen atoms in total. The third-order valence-electron chi connectivity index (χ3n) is 4.37. The van der Waals surface area contributed by atoms with Crippen LogP contribution in [0.3, 0.4) is 0 Å². The first-order valence-corrected chi connectivity index (χ1v) is 8.61. The molecule has 1 aliphatic heterocycles. The Morgan fingerprint density at radius 3 is 2.62 bits per heavy atom. The number of benzene rings is 1. The van der Waals surface area contributed by atoms with Crippen molar-refractivity contribution in [2.75, 3.05) is 18.4 Å². The maximum absolute atomic E-state index is 12.4. The molecule has 1 saturated heterocycles. The molecule has 0 spiro atoms. The molecular formula is C18H21ClN4O. The van der Waals surface area contributed by atoms with Crippen LogP contribution in [0.1, 0.15) is 35.8 Å². The van der Waals surface area contributed by atoms with Gasteiger partial charge in [0.1, 0.15) is 5.82 Å². The Labute approximate surface area is 147 Å². The van der Waals surface area contributed by atoms with Crippen molar-refractivity contribution in [1.82, 2.24) is 15.1 Å². The van der Waals surface area contributed by atoms with Gasteiger partial charge in [-0.05, 0) is 42.5 Å². The Hall–Kier alpha value is -2.14. The minimum absolute atomic E-state index is 0.0351. The summed E-state index contributed by atoms with van der Waals surface area (Å²) in [6.07, 6.45) is 2.10. The molecule has 1 fully saturated rings. The van der Waals surface area contributed by atoms with Gasteiger partial charge in [0.2, 0.25) is 0 Å². The van der Waals surface area contributed by atoms with Gasteiger partial charge in [-0.1, -0.05) is 36.7 Å². The highest BCUT2D eigenvalue weighted by Crippen LogP contribution is 2.18. The number of carbonyl (C=O) groups excluding carboxylic acids is 1. The fourth-order valence-electron chi connectivity index (χ4n) is 2.74. The van der Waals surface area contributed by atoms with Gasteiger partial charge in [0.15, 0.2) is 5.69 Å². The molecular weight excluding hydrogens is 324 g/mol. The van der Waals surface area contributed by atoms with Crippen molar-refractivity contribution in [2.45, 2.75) is 26.3 Å². The lowest BCUT2D eigenvalue weighted by Gasteiger charge is -2.29. The number of nitrogens with one attached hydrogen (secondary N) is 1. The first-order chi connectivity index (χ1) is 11.6. The Balaban J connectivity index is 1.59. The summed E-state index contributed by atoms with van der Waals surface area (Å²) in [5.74, 6) is 1.28. The summed E-state index contributed by atoms with van der Waals surface area (Å²) in [6, 6.07) is 11.2. The summed E-state index contributed by atoms with van der Waals surface area (Å²) < 4.78 is 0. The number of piperidine rings is 1. The summed E-state index contributed by atoms with van der Waals surface area (Å²) in [5, 5.41) is 12.1. The highest BCUT2D eigenvalue weighted by molar-refractivity contribution is 6.31. The molecule has 3 rings (SSSR count). The highest BCUT2D eigenvalue weighted by atomic mass is 35.5. The summed E-state index contributed by atoms with van der Waals surface area (Å²) in [6.45, 7) is 4.38. The predicted molar refractivity (Wildman–Crippen MR) is 95.1 cm³/mol. The fraction of sp³-hybridized carbons (Fsp3) is 0.389. The minimum atomic E-state index is -0.0351. The average molecular weight is 345 g/mol. The molecule has 0 saturated carbocycles. The third kappa shape index (κ3) is 4.03. The van der Waals surface area contributed by atoms with Crippen LogP contribution in [0.4, 0.5) is 5.82 Å². The van der Waals surface area contributed by atoms with Crippen LogP contribution in [0.2, 0.25) is 5.02 Å². The van der Waals surface area contributed by atoms with Crippen LogP contribution in [-0.4, -0.2) is 34.1 Å². The van der Waals surface area contributed by atoms with Gasteiger partial charge >= 0.3 is 0 Å². The minimum Gasteiger partial charge on any atom is -0.364 e. The van der Waals surface area contributed by atoms with Gasteiger partial charge in [-0.15, -0.1) is 10.2 Å². The summed E-state index contributed by atoms with van der Waals surface area (Å²) in [7, 11) is 0. The van der Waals surface area contributed by atoms with E-state index in [2.05, 4.69) is 22.4 Å². The van der Waals surface area contributed by atoms with E-state index in [1.807, 2.05) is 29.2 Å². The molecule has 0 bridgehead atoms. The lowest BCUT2D eigenvalue weighted by Crippen LogP contribution is -2.38. The van der Waals surface area contributed by atoms with Crippen LogP contribution in [0.15, 0.2) is 36.4 Å². The van der Waals surface area contributed by atoms with Crippen molar-refractivity contribution in [3.63, 3.8) is 0 Å². The van der Waals surface area contributed by atoms with E-state index in [1.165, 1.54) is 0 Å². The SMILES string of the molecule is CC1CCN(C(=O)c2ccc(NCc3ccccc3Cl)nn2)CC1. The molecule has 2 aromatic rings. The normalized spacial score (nSPS) is 15.3. The van der Waals surface area contributed by atoms with Crippen LogP contribution in [0, 0.1) is 5.92 Å². The molecule has 24 heavy (non-hydrogen) atoms. The van der Waals surface area contributed by atoms with Crippen LogP contribution in [0.25, 0.3) is 0 Å². The molecule has 1 aromatic heterocycles. The maximum atomic E-state index is 12.4. The molecule has 2 heterocycles. The molecule has 0 unspecified atom stereocenters. The monoisotopic (exact) mass is 344 g/mol. The predicted octanol–water partition coefficient (Wildman–Crippen LogP) is 3.61. The van der Waals surface area contributed by atoms with Crippen molar-refractivity contribution in [1.29, 1.82) is 0 Å². The molecule has 0 radical (unpaired) electrons. The fourth-order valence-corrected chi connectivity index (χ4v) is 2.94. The molecule has 0 aliphatic carbocycles. The van der Waals surface area contributed by atoms with Crippen molar-refractivity contribution in [2.24, 2.45) is 5.92 Å². The number of carbonyl (C=O) groups is 1. The summed E-state index contributed by atoms with van der Waals surface area (Å²) in [4.78, 5) is 14.3. The number of anilines is 1. The zero-order valence-electron chi connectivity index (χ0n) is 13.7. The number of amides is 1. The molecule has 1 amide bonds. The second-order valence-electron chi connectivity index (χ2n) is 6.22. The van der Waals surface area contributed by atoms with Gasteiger partial charge in [-0.3, -0.25) is 4.79 Å². The van der Waals surface area contributed by atoms with Crippen molar-refractivity contribution in [3.8, 4) is 0 Å². The van der Waals surface area contributed by atoms with Gasteiger partial charge < -0.3 is 10.2 Å². The highest BCUT2D eigenvalue weighted by Gasteiger charge is 2.22. The lowest BCUT2D eigenvalue weighted by atomic mass is 9.99. The van der Waals surface area contributed by atoms with Crippen LogP contribution in [-0.2, 0) is 6.54 Å². The van der Waals surface area contributed by atoms with Crippen molar-refractivity contribution < 1.29 is 4.79 Å². The number of halogens is 1. The van der Waals surface area contributed by atoms with Crippen molar-refractivity contribution >= 4 is 23.3 Å². The number of rotatable bonds is 4. The maximum Gasteiger partial charge on any atom is 0.274 e. The molecule has 0 atom stereocenters. The zero-order valence-corrected chi connectivity index (χ0v) is 14.5. The topological polar surface area (TPSA) is 58.1 Å². The number of hydrogen-bond acceptors (Lipinski definition) is 4. The van der Waals surface area contributed by atoms with Crippen LogP contribution < -0.4 is 5.32 Å². The lowest BCUT2D eigenvalue weighted by molar-refractivity contribution is 0.0690. The van der Waals surface area contributed by atoms with E-state index in [4.69, 9.17) is 11.6 Å². The van der Waals surface area contributed by atoms with E-state index in [1.54, 1.807) is 12.1 Å². The van der Waals surface area contributed by atoms with Gasteiger partial charge in [-0.25, -0.2) is 0 Å². The Morgan fingerprint density at radius 1 is 1.21 bits per heavy atom. The van der Waals surface area contributed by atoms with Gasteiger partial charge in [0.05, 0.1) is 0 Å². The smallest absolute Gasteiger partial charge is 0.274 e. The molecule has 126 valence electrons. The molecule has 1 N–H and O–H groups in total. The molecule has 1 aliphatic rings. The molecule has 1 aromatic carbocycles. The first-order valence-electron chi connectivity index (χ1n) is 8.24. The van der Waals surface area contributed by atoms with Gasteiger partial charge in [0, 0.05) is 24.7 Å². The first kappa shape index (κ1) is 16.7. The summed E-state index contributed by atoms with van der Waals surface area (Å²) >= 11 is 6.13. The van der Waals surface area contributed by atoms with Gasteiger partial charge in [0.25, 0.3) is 5.91 Å². The van der Waals surface area contributed by atoms with E-state index in [0.29, 0.717) is 29.0 Å². The number of nitrogens with zero attached hydrogens (tertiary/aromatic N) is 3. The second kappa shape index (κ2) is 7.62. The van der Waals surface area contributed by atoms with Crippen LogP contribution in [0.5, 0.6) is 0 Å². The van der Waals surface area contributed by atoms with E-state index >= 15 is 0 Å². The quantitative estimate of drug-likeness (QED) is 0.920. The average Bonchev–Trinajstić information content (AvgIpc) is 2.62. The second-order valence-corrected chi connectivity index (χ2v) is 6.63. The molecule has 6 heteroatoms. The zero-order chi connectivity index (χ0) is 16.9. The van der Waals surface area contributed by atoms with E-state index in [0.717, 1.165) is 31.5 Å². The standard InChI is InChI=1S/C18H21ClN4O/c1-13-8-10-23(11-9-13)18(24)16-6-7-17(22-21-16)20-12-14-4-2-3-5-15(14)19/h2-7,13H,8-12H2,1H3,(H,20,22). The third-order valence-corrected chi connectivity index (χ3v) is 4.74. The Bertz CT molecular complexity index is 696. The van der Waals surface area contributed by atoms with E-state index < -0.39 is 0 Å². The number of aromatic nitrogens is 2. The number of likely N-dealkylation sites (tertiary alicyclic amines) is 1. The van der Waals surface area contributed by atoms with Crippen molar-refractivity contribution in [3.05, 3.63) is 52.7 Å². The largest absolute Gasteiger partial charge is 0.364 e. The van der Waals surface area contributed by atoms with E-state index in [9.17, 15) is 4.79 Å². The Kier molecular flexibility index (Phi) is 5.30. The van der Waals surface area contributed by atoms with Gasteiger partial charge in [-0.2, -0.15) is 0 Å². The summed E-state index contributed by atoms with van der Waals surface area (Å²) in [5.41, 5.74) is 1.39. The number of hydrogen-bond donors (Lipinski definition) is 1. The Morgan fingerprint density at radius 2 is 1.96 bits per heavy atom.